The first-order chi connectivity index (χ1) is 12.9. The van der Waals surface area contributed by atoms with Gasteiger partial charge in [-0.25, -0.2) is 4.79 Å². The highest BCUT2D eigenvalue weighted by molar-refractivity contribution is 5.97. The third-order valence-corrected chi connectivity index (χ3v) is 3.83. The highest BCUT2D eigenvalue weighted by Gasteiger charge is 2.17. The quantitative estimate of drug-likeness (QED) is 0.362. The molecule has 0 heterocycles. The Morgan fingerprint density at radius 1 is 1.15 bits per heavy atom. The fourth-order valence-corrected chi connectivity index (χ4v) is 2.46. The number of carboxylic acids is 1. The summed E-state index contributed by atoms with van der Waals surface area (Å²) in [6.07, 6.45) is 2.49. The third kappa shape index (κ3) is 8.04. The number of hydrogen-bond acceptors (Lipinski definition) is 5. The SMILES string of the molecule is CCOC(=O)CCN(CCCOC)C(=O)/C(C)=C/c1ccc(C(=O)O)cc1. The van der Waals surface area contributed by atoms with Crippen molar-refractivity contribution in [2.24, 2.45) is 0 Å². The molecule has 0 unspecified atom stereocenters. The molecule has 0 atom stereocenters. The molecule has 0 fully saturated rings. The van der Waals surface area contributed by atoms with E-state index in [-0.39, 0.29) is 30.4 Å². The Balaban J connectivity index is 2.83. The molecule has 0 radical (unpaired) electrons. The van der Waals surface area contributed by atoms with Gasteiger partial charge in [0.05, 0.1) is 18.6 Å². The van der Waals surface area contributed by atoms with Gasteiger partial charge in [0.15, 0.2) is 0 Å². The molecule has 148 valence electrons. The Bertz CT molecular complexity index is 666. The monoisotopic (exact) mass is 377 g/mol. The van der Waals surface area contributed by atoms with Crippen molar-refractivity contribution < 1.29 is 29.0 Å². The third-order valence-electron chi connectivity index (χ3n) is 3.83. The summed E-state index contributed by atoms with van der Waals surface area (Å²) < 4.78 is 9.95. The van der Waals surface area contributed by atoms with Crippen LogP contribution in [0.1, 0.15) is 42.6 Å². The summed E-state index contributed by atoms with van der Waals surface area (Å²) in [6.45, 7) is 4.99. The predicted octanol–water partition coefficient (Wildman–Crippen LogP) is 2.61. The van der Waals surface area contributed by atoms with Gasteiger partial charge in [-0.3, -0.25) is 9.59 Å². The predicted molar refractivity (Wildman–Crippen MR) is 101 cm³/mol. The van der Waals surface area contributed by atoms with Gasteiger partial charge in [0.1, 0.15) is 0 Å². The van der Waals surface area contributed by atoms with Crippen LogP contribution in [0.4, 0.5) is 0 Å². The van der Waals surface area contributed by atoms with Gasteiger partial charge in [-0.1, -0.05) is 12.1 Å². The molecule has 0 saturated heterocycles. The zero-order valence-corrected chi connectivity index (χ0v) is 16.1. The highest BCUT2D eigenvalue weighted by atomic mass is 16.5. The number of carbonyl (C=O) groups is 3. The number of methoxy groups -OCH3 is 1. The van der Waals surface area contributed by atoms with Crippen molar-refractivity contribution in [3.05, 3.63) is 41.0 Å². The number of esters is 1. The second kappa shape index (κ2) is 11.9. The van der Waals surface area contributed by atoms with E-state index in [4.69, 9.17) is 14.6 Å². The second-order valence-electron chi connectivity index (χ2n) is 5.95. The van der Waals surface area contributed by atoms with Gasteiger partial charge in [0.2, 0.25) is 5.91 Å². The van der Waals surface area contributed by atoms with Gasteiger partial charge in [-0.05, 0) is 44.0 Å². The van der Waals surface area contributed by atoms with Crippen LogP contribution in [0.25, 0.3) is 6.08 Å². The normalized spacial score (nSPS) is 11.1. The number of nitrogens with zero attached hydrogens (tertiary/aromatic N) is 1. The highest BCUT2D eigenvalue weighted by Crippen LogP contribution is 2.12. The second-order valence-corrected chi connectivity index (χ2v) is 5.95. The summed E-state index contributed by atoms with van der Waals surface area (Å²) in [4.78, 5) is 36.9. The first-order valence-electron chi connectivity index (χ1n) is 8.84. The number of rotatable bonds is 11. The molecule has 1 amide bonds. The molecule has 0 saturated carbocycles. The maximum absolute atomic E-state index is 12.8. The van der Waals surface area contributed by atoms with E-state index in [1.54, 1.807) is 44.1 Å². The van der Waals surface area contributed by atoms with Crippen molar-refractivity contribution in [3.8, 4) is 0 Å². The van der Waals surface area contributed by atoms with Crippen molar-refractivity contribution in [2.45, 2.75) is 26.7 Å². The molecule has 1 rings (SSSR count). The van der Waals surface area contributed by atoms with Crippen molar-refractivity contribution >= 4 is 23.9 Å². The van der Waals surface area contributed by atoms with E-state index in [1.165, 1.54) is 12.1 Å². The van der Waals surface area contributed by atoms with Gasteiger partial charge < -0.3 is 19.5 Å². The molecule has 7 nitrogen and oxygen atoms in total. The lowest BCUT2D eigenvalue weighted by Gasteiger charge is -2.22. The van der Waals surface area contributed by atoms with E-state index in [0.717, 1.165) is 5.56 Å². The summed E-state index contributed by atoms with van der Waals surface area (Å²) in [5.41, 5.74) is 1.42. The molecule has 27 heavy (non-hydrogen) atoms. The number of carboxylic acid groups (broad SMARTS) is 1. The number of ether oxygens (including phenoxy) is 2. The van der Waals surface area contributed by atoms with Gasteiger partial charge in [-0.15, -0.1) is 0 Å². The van der Waals surface area contributed by atoms with E-state index in [2.05, 4.69) is 0 Å². The smallest absolute Gasteiger partial charge is 0.335 e. The van der Waals surface area contributed by atoms with Gasteiger partial charge >= 0.3 is 11.9 Å². The van der Waals surface area contributed by atoms with Gasteiger partial charge in [0.25, 0.3) is 0 Å². The molecule has 0 bridgehead atoms. The zero-order valence-electron chi connectivity index (χ0n) is 16.1. The number of benzene rings is 1. The Hall–Kier alpha value is -2.67. The molecule has 1 N–H and O–H groups in total. The van der Waals surface area contributed by atoms with Crippen LogP contribution in [0.2, 0.25) is 0 Å². The summed E-state index contributed by atoms with van der Waals surface area (Å²) in [6, 6.07) is 6.27. The lowest BCUT2D eigenvalue weighted by Crippen LogP contribution is -2.35. The molecule has 0 aliphatic rings. The summed E-state index contributed by atoms with van der Waals surface area (Å²) in [5, 5.41) is 8.94. The Morgan fingerprint density at radius 2 is 1.81 bits per heavy atom. The molecule has 1 aromatic rings. The van der Waals surface area contributed by atoms with Crippen molar-refractivity contribution in [1.29, 1.82) is 0 Å². The van der Waals surface area contributed by atoms with E-state index >= 15 is 0 Å². The fraction of sp³-hybridized carbons (Fsp3) is 0.450. The average molecular weight is 377 g/mol. The number of aromatic carboxylic acids is 1. The van der Waals surface area contributed by atoms with E-state index in [1.807, 2.05) is 0 Å². The van der Waals surface area contributed by atoms with Crippen LogP contribution >= 0.6 is 0 Å². The largest absolute Gasteiger partial charge is 0.478 e. The minimum atomic E-state index is -0.999. The van der Waals surface area contributed by atoms with Crippen molar-refractivity contribution in [1.82, 2.24) is 4.90 Å². The lowest BCUT2D eigenvalue weighted by atomic mass is 10.1. The van der Waals surface area contributed by atoms with Gasteiger partial charge in [0, 0.05) is 32.4 Å². The molecule has 0 aliphatic carbocycles. The Labute approximate surface area is 159 Å². The van der Waals surface area contributed by atoms with E-state index in [0.29, 0.717) is 31.8 Å². The lowest BCUT2D eigenvalue weighted by molar-refractivity contribution is -0.143. The van der Waals surface area contributed by atoms with Crippen LogP contribution in [0.15, 0.2) is 29.8 Å². The van der Waals surface area contributed by atoms with Gasteiger partial charge in [-0.2, -0.15) is 0 Å². The summed E-state index contributed by atoms with van der Waals surface area (Å²) in [7, 11) is 1.59. The maximum atomic E-state index is 12.8. The first-order valence-corrected chi connectivity index (χ1v) is 8.84. The standard InChI is InChI=1S/C20H27NO6/c1-4-27-18(22)10-12-21(11-5-13-26-3)19(23)15(2)14-16-6-8-17(9-7-16)20(24)25/h6-9,14H,4-5,10-13H2,1-3H3,(H,24,25)/b15-14+. The molecule has 1 aromatic carbocycles. The fourth-order valence-electron chi connectivity index (χ4n) is 2.46. The average Bonchev–Trinajstić information content (AvgIpc) is 2.64. The number of hydrogen-bond donors (Lipinski definition) is 1. The topological polar surface area (TPSA) is 93.1 Å². The molecular weight excluding hydrogens is 350 g/mol. The summed E-state index contributed by atoms with van der Waals surface area (Å²) in [5.74, 6) is -1.52. The molecule has 0 aliphatic heterocycles. The first kappa shape index (κ1) is 22.4. The molecular formula is C20H27NO6. The summed E-state index contributed by atoms with van der Waals surface area (Å²) >= 11 is 0. The van der Waals surface area contributed by atoms with Crippen molar-refractivity contribution in [2.75, 3.05) is 33.4 Å². The maximum Gasteiger partial charge on any atom is 0.335 e. The van der Waals surface area contributed by atoms with Crippen LogP contribution in [-0.2, 0) is 19.1 Å². The molecule has 0 spiro atoms. The number of carbonyl (C=O) groups excluding carboxylic acids is 2. The minimum Gasteiger partial charge on any atom is -0.478 e. The van der Waals surface area contributed by atoms with E-state index < -0.39 is 5.97 Å². The number of amides is 1. The Kier molecular flexibility index (Phi) is 9.82. The molecule has 0 aromatic heterocycles. The van der Waals surface area contributed by atoms with Crippen LogP contribution in [0, 0.1) is 0 Å². The van der Waals surface area contributed by atoms with Crippen molar-refractivity contribution in [3.63, 3.8) is 0 Å². The van der Waals surface area contributed by atoms with Crippen LogP contribution in [-0.4, -0.2) is 61.3 Å². The minimum absolute atomic E-state index is 0.132. The van der Waals surface area contributed by atoms with E-state index in [9.17, 15) is 14.4 Å². The molecule has 7 heteroatoms. The van der Waals surface area contributed by atoms with Crippen LogP contribution in [0.5, 0.6) is 0 Å². The zero-order chi connectivity index (χ0) is 20.2. The van der Waals surface area contributed by atoms with Crippen LogP contribution < -0.4 is 0 Å². The Morgan fingerprint density at radius 3 is 2.37 bits per heavy atom. The van der Waals surface area contributed by atoms with Crippen LogP contribution in [0.3, 0.4) is 0 Å².